The summed E-state index contributed by atoms with van der Waals surface area (Å²) in [7, 11) is 1.22. The molecule has 0 radical (unpaired) electrons. The first-order valence-corrected chi connectivity index (χ1v) is 10.9. The van der Waals surface area contributed by atoms with Gasteiger partial charge in [-0.15, -0.1) is 0 Å². The Morgan fingerprint density at radius 2 is 1.91 bits per heavy atom. The first-order valence-electron chi connectivity index (χ1n) is 10.9. The Morgan fingerprint density at radius 1 is 1.19 bits per heavy atom. The fraction of sp³-hybridized carbons (Fsp3) is 0.545. The van der Waals surface area contributed by atoms with Crippen LogP contribution in [0.2, 0.25) is 0 Å². The lowest BCUT2D eigenvalue weighted by atomic mass is 9.95. The molecular weight excluding hydrogens is 419 g/mol. The number of piperazine rings is 1. The topological polar surface area (TPSA) is 113 Å². The highest BCUT2D eigenvalue weighted by molar-refractivity contribution is 5.96. The van der Waals surface area contributed by atoms with Crippen LogP contribution in [0, 0.1) is 11.7 Å². The molecule has 9 nitrogen and oxygen atoms in total. The number of nitrogens with zero attached hydrogens (tertiary/aromatic N) is 2. The van der Waals surface area contributed by atoms with Gasteiger partial charge in [-0.3, -0.25) is 14.4 Å². The second-order valence-electron chi connectivity index (χ2n) is 8.20. The van der Waals surface area contributed by atoms with E-state index in [1.807, 2.05) is 0 Å². The predicted octanol–water partition coefficient (Wildman–Crippen LogP) is -0.870. The first kappa shape index (κ1) is 23.6. The molecule has 0 unspecified atom stereocenters. The van der Waals surface area contributed by atoms with Crippen molar-refractivity contribution in [3.05, 3.63) is 35.6 Å². The van der Waals surface area contributed by atoms with Gasteiger partial charge in [0.15, 0.2) is 0 Å². The third-order valence-electron chi connectivity index (χ3n) is 6.03. The molecule has 1 aromatic carbocycles. The maximum atomic E-state index is 13.6. The van der Waals surface area contributed by atoms with Crippen LogP contribution in [0.3, 0.4) is 0 Å². The van der Waals surface area contributed by atoms with Crippen molar-refractivity contribution < 1.29 is 33.6 Å². The van der Waals surface area contributed by atoms with E-state index in [4.69, 9.17) is 0 Å². The number of hydrogen-bond donors (Lipinski definition) is 2. The number of ether oxygens (including phenoxy) is 1. The molecule has 3 N–H and O–H groups in total. The number of nitrogens with one attached hydrogen (secondary N) is 1. The fourth-order valence-corrected chi connectivity index (χ4v) is 4.21. The molecule has 2 saturated heterocycles. The lowest BCUT2D eigenvalue weighted by molar-refractivity contribution is -0.664. The van der Waals surface area contributed by atoms with Gasteiger partial charge in [0.25, 0.3) is 5.91 Å². The summed E-state index contributed by atoms with van der Waals surface area (Å²) in [4.78, 5) is 53.9. The summed E-state index contributed by atoms with van der Waals surface area (Å²) in [6.07, 6.45) is 1.46. The Morgan fingerprint density at radius 3 is 2.56 bits per heavy atom. The fourth-order valence-electron chi connectivity index (χ4n) is 4.21. The maximum absolute atomic E-state index is 13.6. The number of carbonyl (C=O) groups is 4. The van der Waals surface area contributed by atoms with E-state index in [0.717, 1.165) is 32.0 Å². The van der Waals surface area contributed by atoms with Crippen molar-refractivity contribution in [1.29, 1.82) is 0 Å². The number of piperidine rings is 1. The Balaban J connectivity index is 1.79. The van der Waals surface area contributed by atoms with E-state index in [0.29, 0.717) is 0 Å². The van der Waals surface area contributed by atoms with Gasteiger partial charge in [0.1, 0.15) is 17.9 Å². The smallest absolute Gasteiger partial charge is 0.328 e. The average Bonchev–Trinajstić information content (AvgIpc) is 2.82. The molecule has 3 rings (SSSR count). The Kier molecular flexibility index (Phi) is 7.79. The number of hydrogen-bond acceptors (Lipinski definition) is 5. The molecule has 32 heavy (non-hydrogen) atoms. The summed E-state index contributed by atoms with van der Waals surface area (Å²) in [5, 5.41) is 4.74. The number of rotatable bonds is 5. The highest BCUT2D eigenvalue weighted by Crippen LogP contribution is 2.20. The Hall–Kier alpha value is -3.01. The molecule has 0 aliphatic carbocycles. The number of amides is 3. The van der Waals surface area contributed by atoms with Crippen LogP contribution < -0.4 is 10.6 Å². The third kappa shape index (κ3) is 5.42. The lowest BCUT2D eigenvalue weighted by Crippen LogP contribution is -2.86. The van der Waals surface area contributed by atoms with E-state index in [9.17, 15) is 23.6 Å². The summed E-state index contributed by atoms with van der Waals surface area (Å²) >= 11 is 0. The van der Waals surface area contributed by atoms with Crippen LogP contribution >= 0.6 is 0 Å². The van der Waals surface area contributed by atoms with Crippen molar-refractivity contribution in [2.24, 2.45) is 5.92 Å². The van der Waals surface area contributed by atoms with E-state index < -0.39 is 35.7 Å². The highest BCUT2D eigenvalue weighted by Gasteiger charge is 2.40. The molecule has 3 amide bonds. The Bertz CT molecular complexity index is 874. The summed E-state index contributed by atoms with van der Waals surface area (Å²) in [5.74, 6) is -2.36. The molecule has 174 valence electrons. The molecule has 0 bridgehead atoms. The van der Waals surface area contributed by atoms with Crippen molar-refractivity contribution in [2.45, 2.75) is 31.8 Å². The summed E-state index contributed by atoms with van der Waals surface area (Å²) < 4.78 is 18.3. The zero-order chi connectivity index (χ0) is 23.3. The molecule has 1 aromatic rings. The van der Waals surface area contributed by atoms with Gasteiger partial charge in [-0.2, -0.15) is 0 Å². The molecular formula is C22H30FN4O5+. The van der Waals surface area contributed by atoms with Crippen molar-refractivity contribution in [2.75, 3.05) is 39.8 Å². The van der Waals surface area contributed by atoms with Gasteiger partial charge >= 0.3 is 5.97 Å². The number of halogens is 1. The number of benzene rings is 1. The van der Waals surface area contributed by atoms with Gasteiger partial charge in [0.05, 0.1) is 26.7 Å². The zero-order valence-corrected chi connectivity index (χ0v) is 18.4. The molecule has 0 aromatic heterocycles. The van der Waals surface area contributed by atoms with Gasteiger partial charge in [-0.25, -0.2) is 9.18 Å². The maximum Gasteiger partial charge on any atom is 0.328 e. The van der Waals surface area contributed by atoms with Gasteiger partial charge < -0.3 is 25.2 Å². The molecule has 2 fully saturated rings. The van der Waals surface area contributed by atoms with Gasteiger partial charge in [-0.05, 0) is 25.1 Å². The van der Waals surface area contributed by atoms with Gasteiger partial charge in [0.2, 0.25) is 11.8 Å². The molecule has 2 atom stereocenters. The minimum atomic E-state index is -0.952. The van der Waals surface area contributed by atoms with Crippen molar-refractivity contribution in [1.82, 2.24) is 15.1 Å². The number of nitrogens with two attached hydrogens (primary N) is 1. The van der Waals surface area contributed by atoms with Crippen LogP contribution in [0.4, 0.5) is 4.39 Å². The summed E-state index contributed by atoms with van der Waals surface area (Å²) in [6, 6.07) is 3.50. The van der Waals surface area contributed by atoms with E-state index in [2.05, 4.69) is 15.4 Å². The lowest BCUT2D eigenvalue weighted by Gasteiger charge is -2.42. The molecule has 0 saturated carbocycles. The summed E-state index contributed by atoms with van der Waals surface area (Å²) in [6.45, 7) is 3.57. The van der Waals surface area contributed by atoms with Crippen molar-refractivity contribution in [3.8, 4) is 0 Å². The second-order valence-corrected chi connectivity index (χ2v) is 8.20. The molecule has 2 heterocycles. The van der Waals surface area contributed by atoms with Crippen molar-refractivity contribution >= 4 is 23.7 Å². The van der Waals surface area contributed by atoms with Crippen LogP contribution in [-0.4, -0.2) is 85.4 Å². The van der Waals surface area contributed by atoms with Crippen molar-refractivity contribution in [3.63, 3.8) is 0 Å². The highest BCUT2D eigenvalue weighted by atomic mass is 19.1. The monoisotopic (exact) mass is 449 g/mol. The van der Waals surface area contributed by atoms with Gasteiger partial charge in [-0.1, -0.05) is 6.07 Å². The molecule has 0 spiro atoms. The number of carbonyl (C=O) groups excluding carboxylic acids is 4. The standard InChI is InChI=1S/C22H29FN4O5/c1-14(22(31)32-2)25-19(28)18-13-26(20(29)16-4-3-5-17(23)12-16)10-11-27(18)21(30)15-6-8-24-9-7-15/h3-5,12,14-15,18,24H,6-11,13H2,1-2H3,(H,25,28)/p+1/t14-,18+/m1/s1. The normalized spacial score (nSPS) is 20.4. The minimum absolute atomic E-state index is 0.0420. The number of methoxy groups -OCH3 is 1. The zero-order valence-electron chi connectivity index (χ0n) is 18.4. The molecule has 2 aliphatic rings. The quantitative estimate of drug-likeness (QED) is 0.568. The van der Waals surface area contributed by atoms with Crippen LogP contribution in [0.15, 0.2) is 24.3 Å². The molecule has 10 heteroatoms. The SMILES string of the molecule is COC(=O)[C@@H](C)NC(=O)[C@@H]1CN(C(=O)c2cccc(F)c2)CCN1C(=O)C1CC[NH2+]CC1. The first-order chi connectivity index (χ1) is 15.3. The van der Waals surface area contributed by atoms with Gasteiger partial charge in [0, 0.05) is 37.4 Å². The van der Waals surface area contributed by atoms with E-state index in [1.54, 1.807) is 0 Å². The molecule has 2 aliphatic heterocycles. The largest absolute Gasteiger partial charge is 0.467 e. The Labute approximate surface area is 186 Å². The van der Waals surface area contributed by atoms with Crippen LogP contribution in [0.5, 0.6) is 0 Å². The predicted molar refractivity (Wildman–Crippen MR) is 112 cm³/mol. The van der Waals surface area contributed by atoms with Crippen LogP contribution in [-0.2, 0) is 19.1 Å². The average molecular weight is 450 g/mol. The van der Waals surface area contributed by atoms with Crippen LogP contribution in [0.25, 0.3) is 0 Å². The second kappa shape index (κ2) is 10.5. The van der Waals surface area contributed by atoms with E-state index in [-0.39, 0.29) is 37.0 Å². The summed E-state index contributed by atoms with van der Waals surface area (Å²) in [5.41, 5.74) is 0.176. The number of quaternary nitrogens is 1. The van der Waals surface area contributed by atoms with E-state index >= 15 is 0 Å². The minimum Gasteiger partial charge on any atom is -0.467 e. The number of esters is 1. The van der Waals surface area contributed by atoms with E-state index in [1.165, 1.54) is 42.0 Å². The third-order valence-corrected chi connectivity index (χ3v) is 6.03. The van der Waals surface area contributed by atoms with Crippen LogP contribution in [0.1, 0.15) is 30.1 Å².